The van der Waals surface area contributed by atoms with Crippen molar-refractivity contribution in [1.29, 1.82) is 0 Å². The van der Waals surface area contributed by atoms with E-state index < -0.39 is 5.69 Å². The molecule has 5 nitrogen and oxygen atoms in total. The summed E-state index contributed by atoms with van der Waals surface area (Å²) in [6.07, 6.45) is 0. The van der Waals surface area contributed by atoms with Gasteiger partial charge in [-0.05, 0) is 29.8 Å². The predicted octanol–water partition coefficient (Wildman–Crippen LogP) is 3.22. The summed E-state index contributed by atoms with van der Waals surface area (Å²) >= 11 is 0. The van der Waals surface area contributed by atoms with E-state index in [0.717, 1.165) is 10.8 Å². The second-order valence-electron chi connectivity index (χ2n) is 6.39. The van der Waals surface area contributed by atoms with Gasteiger partial charge in [-0.3, -0.25) is 18.7 Å². The van der Waals surface area contributed by atoms with Gasteiger partial charge in [0.1, 0.15) is 0 Å². The van der Waals surface area contributed by atoms with Gasteiger partial charge in [-0.1, -0.05) is 54.6 Å². The van der Waals surface area contributed by atoms with Crippen LogP contribution in [-0.2, 0) is 13.1 Å². The minimum atomic E-state index is -0.463. The van der Waals surface area contributed by atoms with Crippen LogP contribution in [0, 0.1) is 0 Å². The van der Waals surface area contributed by atoms with E-state index in [1.165, 1.54) is 9.13 Å². The summed E-state index contributed by atoms with van der Waals surface area (Å²) < 4.78 is 2.56. The molecule has 0 spiro atoms. The number of carbonyl (C=O) groups is 1. The fourth-order valence-electron chi connectivity index (χ4n) is 3.50. The molecule has 0 aliphatic heterocycles. The molecule has 1 heterocycles. The van der Waals surface area contributed by atoms with Crippen LogP contribution in [0.2, 0.25) is 0 Å². The minimum absolute atomic E-state index is 0.117. The molecule has 3 aromatic carbocycles. The molecule has 1 aromatic heterocycles. The van der Waals surface area contributed by atoms with Gasteiger partial charge in [-0.25, -0.2) is 4.79 Å². The Labute approximate surface area is 155 Å². The Morgan fingerprint density at radius 2 is 1.48 bits per heavy atom. The van der Waals surface area contributed by atoms with Crippen molar-refractivity contribution in [3.63, 3.8) is 0 Å². The summed E-state index contributed by atoms with van der Waals surface area (Å²) in [4.78, 5) is 38.4. The normalized spacial score (nSPS) is 11.1. The van der Waals surface area contributed by atoms with Crippen molar-refractivity contribution < 1.29 is 4.79 Å². The lowest BCUT2D eigenvalue weighted by atomic mass is 10.0. The quantitative estimate of drug-likeness (QED) is 0.526. The highest BCUT2D eigenvalue weighted by Gasteiger charge is 2.16. The zero-order valence-electron chi connectivity index (χ0n) is 14.9. The zero-order chi connectivity index (χ0) is 19.0. The Hall–Kier alpha value is -3.47. The van der Waals surface area contributed by atoms with E-state index in [2.05, 4.69) is 0 Å². The van der Waals surface area contributed by atoms with Gasteiger partial charge in [-0.15, -0.1) is 0 Å². The molecule has 4 aromatic rings. The maximum absolute atomic E-state index is 13.1. The number of nitrogens with zero attached hydrogens (tertiary/aromatic N) is 2. The first-order chi connectivity index (χ1) is 13.1. The van der Waals surface area contributed by atoms with Gasteiger partial charge in [0.25, 0.3) is 5.56 Å². The summed E-state index contributed by atoms with van der Waals surface area (Å²) in [7, 11) is 0. The highest BCUT2D eigenvalue weighted by atomic mass is 16.2. The molecule has 0 aliphatic rings. The molecule has 0 aliphatic carbocycles. The zero-order valence-corrected chi connectivity index (χ0v) is 14.9. The molecule has 0 saturated heterocycles. The van der Waals surface area contributed by atoms with Crippen molar-refractivity contribution in [3.8, 4) is 0 Å². The summed E-state index contributed by atoms with van der Waals surface area (Å²) in [5, 5.41) is 2.26. The van der Waals surface area contributed by atoms with Gasteiger partial charge >= 0.3 is 5.69 Å². The number of ketones is 1. The molecular formula is C22H18N2O3. The van der Waals surface area contributed by atoms with Gasteiger partial charge in [0.05, 0.1) is 17.4 Å². The Morgan fingerprint density at radius 1 is 0.815 bits per heavy atom. The summed E-state index contributed by atoms with van der Waals surface area (Å²) in [6.45, 7) is 1.88. The third kappa shape index (κ3) is 2.77. The molecule has 0 atom stereocenters. The van der Waals surface area contributed by atoms with Crippen molar-refractivity contribution in [2.45, 2.75) is 20.0 Å². The van der Waals surface area contributed by atoms with Crippen molar-refractivity contribution in [1.82, 2.24) is 9.13 Å². The van der Waals surface area contributed by atoms with Crippen LogP contribution >= 0.6 is 0 Å². The van der Waals surface area contributed by atoms with E-state index in [9.17, 15) is 14.4 Å². The van der Waals surface area contributed by atoms with Crippen LogP contribution in [0.5, 0.6) is 0 Å². The van der Waals surface area contributed by atoms with Gasteiger partial charge < -0.3 is 0 Å². The Bertz CT molecular complexity index is 1290. The first-order valence-corrected chi connectivity index (χ1v) is 8.85. The van der Waals surface area contributed by atoms with Crippen LogP contribution in [0.25, 0.3) is 21.7 Å². The SMILES string of the molecule is CCn1c(=O)c2ccccc2n(CC(=O)c2cccc3ccccc23)c1=O. The van der Waals surface area contributed by atoms with Gasteiger partial charge in [0.15, 0.2) is 5.78 Å². The van der Waals surface area contributed by atoms with Gasteiger partial charge in [0.2, 0.25) is 0 Å². The number of rotatable bonds is 4. The Kier molecular flexibility index (Phi) is 4.20. The third-order valence-electron chi connectivity index (χ3n) is 4.84. The molecule has 5 heteroatoms. The molecule has 0 bridgehead atoms. The second kappa shape index (κ2) is 6.68. The first-order valence-electron chi connectivity index (χ1n) is 8.85. The van der Waals surface area contributed by atoms with Crippen LogP contribution in [0.4, 0.5) is 0 Å². The number of benzene rings is 3. The van der Waals surface area contributed by atoms with Crippen LogP contribution < -0.4 is 11.2 Å². The van der Waals surface area contributed by atoms with Crippen molar-refractivity contribution in [2.24, 2.45) is 0 Å². The van der Waals surface area contributed by atoms with Crippen LogP contribution in [0.15, 0.2) is 76.3 Å². The highest BCUT2D eigenvalue weighted by molar-refractivity contribution is 6.08. The maximum Gasteiger partial charge on any atom is 0.331 e. The fourth-order valence-corrected chi connectivity index (χ4v) is 3.50. The lowest BCUT2D eigenvalue weighted by Gasteiger charge is -2.13. The molecule has 0 radical (unpaired) electrons. The number of aromatic nitrogens is 2. The largest absolute Gasteiger partial charge is 0.331 e. The summed E-state index contributed by atoms with van der Waals surface area (Å²) in [5.74, 6) is -0.166. The molecular weight excluding hydrogens is 340 g/mol. The van der Waals surface area contributed by atoms with E-state index in [1.807, 2.05) is 36.4 Å². The molecule has 0 saturated carbocycles. The molecule has 0 fully saturated rings. The number of fused-ring (bicyclic) bond motifs is 2. The molecule has 0 amide bonds. The van der Waals surface area contributed by atoms with E-state index >= 15 is 0 Å². The van der Waals surface area contributed by atoms with Gasteiger partial charge in [0, 0.05) is 12.1 Å². The van der Waals surface area contributed by atoms with Crippen LogP contribution in [0.3, 0.4) is 0 Å². The van der Waals surface area contributed by atoms with E-state index in [-0.39, 0.29) is 24.4 Å². The highest BCUT2D eigenvalue weighted by Crippen LogP contribution is 2.19. The van der Waals surface area contributed by atoms with Gasteiger partial charge in [-0.2, -0.15) is 0 Å². The Morgan fingerprint density at radius 3 is 2.26 bits per heavy atom. The maximum atomic E-state index is 13.1. The number of hydrogen-bond acceptors (Lipinski definition) is 3. The minimum Gasteiger partial charge on any atom is -0.292 e. The average Bonchev–Trinajstić information content (AvgIpc) is 2.71. The van der Waals surface area contributed by atoms with Crippen LogP contribution in [0.1, 0.15) is 17.3 Å². The molecule has 27 heavy (non-hydrogen) atoms. The number of Topliss-reactive ketones (excluding diaryl/α,β-unsaturated/α-hetero) is 1. The van der Waals surface area contributed by atoms with Crippen LogP contribution in [-0.4, -0.2) is 14.9 Å². The summed E-state index contributed by atoms with van der Waals surface area (Å²) in [5.41, 5.74) is 0.255. The Balaban J connectivity index is 1.90. The standard InChI is InChI=1S/C22H18N2O3/c1-2-23-21(26)18-11-5-6-13-19(18)24(22(23)27)14-20(25)17-12-7-9-15-8-3-4-10-16(15)17/h3-13H,2,14H2,1H3. The van der Waals surface area contributed by atoms with Crippen molar-refractivity contribution in [2.75, 3.05) is 0 Å². The molecule has 0 unspecified atom stereocenters. The predicted molar refractivity (Wildman–Crippen MR) is 106 cm³/mol. The monoisotopic (exact) mass is 358 g/mol. The molecule has 4 rings (SSSR count). The smallest absolute Gasteiger partial charge is 0.292 e. The summed E-state index contributed by atoms with van der Waals surface area (Å²) in [6, 6.07) is 20.1. The van der Waals surface area contributed by atoms with E-state index in [1.54, 1.807) is 37.3 Å². The third-order valence-corrected chi connectivity index (χ3v) is 4.84. The van der Waals surface area contributed by atoms with Crippen molar-refractivity contribution in [3.05, 3.63) is 93.1 Å². The fraction of sp³-hybridized carbons (Fsp3) is 0.136. The number of carbonyl (C=O) groups excluding carboxylic acids is 1. The van der Waals surface area contributed by atoms with E-state index in [4.69, 9.17) is 0 Å². The lowest BCUT2D eigenvalue weighted by molar-refractivity contribution is 0.0973. The topological polar surface area (TPSA) is 61.1 Å². The number of hydrogen-bond donors (Lipinski definition) is 0. The molecule has 0 N–H and O–H groups in total. The number of para-hydroxylation sites is 1. The van der Waals surface area contributed by atoms with Crippen molar-refractivity contribution >= 4 is 27.5 Å². The average molecular weight is 358 g/mol. The van der Waals surface area contributed by atoms with E-state index in [0.29, 0.717) is 16.5 Å². The molecule has 134 valence electrons. The first kappa shape index (κ1) is 17.0. The lowest BCUT2D eigenvalue weighted by Crippen LogP contribution is -2.40. The second-order valence-corrected chi connectivity index (χ2v) is 6.39.